The Hall–Kier alpha value is -1.02. The highest BCUT2D eigenvalue weighted by molar-refractivity contribution is 6.01. The number of ketones is 1. The van der Waals surface area contributed by atoms with Crippen molar-refractivity contribution >= 4 is 24.3 Å². The minimum absolute atomic E-state index is 0. The first-order valence-electron chi connectivity index (χ1n) is 3.15. The zero-order valence-electron chi connectivity index (χ0n) is 5.74. The van der Waals surface area contributed by atoms with Crippen molar-refractivity contribution in [2.45, 2.75) is 6.42 Å². The molecule has 0 saturated heterocycles. The van der Waals surface area contributed by atoms with Gasteiger partial charge in [0.2, 0.25) is 0 Å². The molecule has 58 valence electrons. The predicted octanol–water partition coefficient (Wildman–Crippen LogP) is 2.30. The van der Waals surface area contributed by atoms with Crippen LogP contribution < -0.4 is 0 Å². The van der Waals surface area contributed by atoms with Crippen LogP contribution in [0.4, 0.5) is 0 Å². The molecule has 0 atom stereocenters. The summed E-state index contributed by atoms with van der Waals surface area (Å²) in [7, 11) is 0. The third-order valence-electron chi connectivity index (χ3n) is 1.57. The second kappa shape index (κ2) is 2.93. The van der Waals surface area contributed by atoms with Crippen molar-refractivity contribution in [3.05, 3.63) is 29.7 Å². The zero-order chi connectivity index (χ0) is 6.97. The van der Waals surface area contributed by atoms with Crippen LogP contribution in [0.2, 0.25) is 0 Å². The first-order chi connectivity index (χ1) is 4.88. The van der Waals surface area contributed by atoms with E-state index in [0.29, 0.717) is 17.7 Å². The maximum Gasteiger partial charge on any atom is 0.170 e. The summed E-state index contributed by atoms with van der Waals surface area (Å²) in [4.78, 5) is 11.0. The molecule has 0 radical (unpaired) electrons. The average molecular weight is 171 g/mol. The Morgan fingerprint density at radius 1 is 1.45 bits per heavy atom. The predicted molar refractivity (Wildman–Crippen MR) is 43.9 cm³/mol. The molecular formula is C8H7ClO2. The molecule has 2 nitrogen and oxygen atoms in total. The number of halogens is 1. The van der Waals surface area contributed by atoms with Gasteiger partial charge in [-0.2, -0.15) is 0 Å². The Bertz CT molecular complexity index is 299. The van der Waals surface area contributed by atoms with Crippen molar-refractivity contribution in [1.82, 2.24) is 0 Å². The van der Waals surface area contributed by atoms with Gasteiger partial charge < -0.3 is 4.42 Å². The van der Waals surface area contributed by atoms with Crippen molar-refractivity contribution in [2.24, 2.45) is 0 Å². The van der Waals surface area contributed by atoms with Gasteiger partial charge in [0.05, 0.1) is 11.8 Å². The van der Waals surface area contributed by atoms with E-state index in [0.717, 1.165) is 0 Å². The summed E-state index contributed by atoms with van der Waals surface area (Å²) in [5, 5.41) is 0. The maximum absolute atomic E-state index is 11.0. The lowest BCUT2D eigenvalue weighted by Crippen LogP contribution is -2.00. The SMILES string of the molecule is Cl.O=C1CC=Cc2occc21. The fraction of sp³-hybridized carbons (Fsp3) is 0.125. The van der Waals surface area contributed by atoms with Crippen molar-refractivity contribution in [3.63, 3.8) is 0 Å². The molecule has 1 aromatic rings. The van der Waals surface area contributed by atoms with E-state index in [4.69, 9.17) is 4.42 Å². The molecule has 0 N–H and O–H groups in total. The van der Waals surface area contributed by atoms with Gasteiger partial charge in [0, 0.05) is 6.42 Å². The summed E-state index contributed by atoms with van der Waals surface area (Å²) >= 11 is 0. The molecule has 0 fully saturated rings. The van der Waals surface area contributed by atoms with Gasteiger partial charge in [0.1, 0.15) is 5.76 Å². The van der Waals surface area contributed by atoms with Crippen molar-refractivity contribution in [1.29, 1.82) is 0 Å². The number of Topliss-reactive ketones (excluding diaryl/α,β-unsaturated/α-hetero) is 1. The second-order valence-electron chi connectivity index (χ2n) is 2.23. The van der Waals surface area contributed by atoms with Crippen LogP contribution in [-0.4, -0.2) is 5.78 Å². The van der Waals surface area contributed by atoms with Gasteiger partial charge in [0.25, 0.3) is 0 Å². The van der Waals surface area contributed by atoms with E-state index in [-0.39, 0.29) is 18.2 Å². The molecule has 11 heavy (non-hydrogen) atoms. The maximum atomic E-state index is 11.0. The summed E-state index contributed by atoms with van der Waals surface area (Å²) in [6.07, 6.45) is 5.69. The van der Waals surface area contributed by atoms with Gasteiger partial charge in [-0.15, -0.1) is 12.4 Å². The quantitative estimate of drug-likeness (QED) is 0.598. The number of hydrogen-bond acceptors (Lipinski definition) is 2. The Morgan fingerprint density at radius 2 is 2.27 bits per heavy atom. The minimum Gasteiger partial charge on any atom is -0.464 e. The lowest BCUT2D eigenvalue weighted by molar-refractivity contribution is 0.0993. The van der Waals surface area contributed by atoms with Gasteiger partial charge in [-0.1, -0.05) is 6.08 Å². The summed E-state index contributed by atoms with van der Waals surface area (Å²) in [5.41, 5.74) is 0.711. The third kappa shape index (κ3) is 1.21. The number of hydrogen-bond donors (Lipinski definition) is 0. The zero-order valence-corrected chi connectivity index (χ0v) is 6.56. The van der Waals surface area contributed by atoms with E-state index in [1.165, 1.54) is 6.26 Å². The molecule has 0 unspecified atom stereocenters. The lowest BCUT2D eigenvalue weighted by Gasteiger charge is -1.99. The molecule has 3 heteroatoms. The Labute approximate surface area is 70.3 Å². The topological polar surface area (TPSA) is 30.2 Å². The molecule has 1 aliphatic carbocycles. The molecule has 0 aliphatic heterocycles. The number of rotatable bonds is 0. The molecule has 2 rings (SSSR count). The molecular weight excluding hydrogens is 164 g/mol. The number of furan rings is 1. The first-order valence-corrected chi connectivity index (χ1v) is 3.15. The van der Waals surface area contributed by atoms with Gasteiger partial charge in [0.15, 0.2) is 5.78 Å². The lowest BCUT2D eigenvalue weighted by atomic mass is 10.0. The van der Waals surface area contributed by atoms with Crippen LogP contribution >= 0.6 is 12.4 Å². The average Bonchev–Trinajstić information content (AvgIpc) is 2.36. The molecule has 1 heterocycles. The summed E-state index contributed by atoms with van der Waals surface area (Å²) in [5.74, 6) is 0.836. The molecule has 1 aliphatic rings. The first kappa shape index (κ1) is 8.08. The largest absolute Gasteiger partial charge is 0.464 e. The number of allylic oxidation sites excluding steroid dienone is 1. The molecule has 0 bridgehead atoms. The molecule has 0 amide bonds. The normalized spacial score (nSPS) is 14.0. The highest BCUT2D eigenvalue weighted by Gasteiger charge is 2.14. The van der Waals surface area contributed by atoms with Gasteiger partial charge in [-0.25, -0.2) is 0 Å². The van der Waals surface area contributed by atoms with Crippen LogP contribution in [0, 0.1) is 0 Å². The van der Waals surface area contributed by atoms with Gasteiger partial charge in [-0.3, -0.25) is 4.79 Å². The summed E-state index contributed by atoms with van der Waals surface area (Å²) < 4.78 is 5.02. The van der Waals surface area contributed by atoms with E-state index in [1.807, 2.05) is 12.2 Å². The van der Waals surface area contributed by atoms with Crippen LogP contribution in [0.3, 0.4) is 0 Å². The number of carbonyl (C=O) groups is 1. The van der Waals surface area contributed by atoms with E-state index >= 15 is 0 Å². The smallest absolute Gasteiger partial charge is 0.170 e. The van der Waals surface area contributed by atoms with E-state index in [2.05, 4.69) is 0 Å². The third-order valence-corrected chi connectivity index (χ3v) is 1.57. The summed E-state index contributed by atoms with van der Waals surface area (Å²) in [6.45, 7) is 0. The van der Waals surface area contributed by atoms with Gasteiger partial charge >= 0.3 is 0 Å². The van der Waals surface area contributed by atoms with Crippen LogP contribution in [0.25, 0.3) is 6.08 Å². The fourth-order valence-corrected chi connectivity index (χ4v) is 1.06. The Balaban J connectivity index is 0.000000605. The van der Waals surface area contributed by atoms with Crippen LogP contribution in [-0.2, 0) is 0 Å². The van der Waals surface area contributed by atoms with Crippen molar-refractivity contribution in [3.8, 4) is 0 Å². The monoisotopic (exact) mass is 170 g/mol. The number of fused-ring (bicyclic) bond motifs is 1. The van der Waals surface area contributed by atoms with Crippen molar-refractivity contribution in [2.75, 3.05) is 0 Å². The van der Waals surface area contributed by atoms with Crippen LogP contribution in [0.15, 0.2) is 22.8 Å². The molecule has 0 spiro atoms. The molecule has 0 aromatic carbocycles. The highest BCUT2D eigenvalue weighted by atomic mass is 35.5. The Morgan fingerprint density at radius 3 is 3.00 bits per heavy atom. The molecule has 1 aromatic heterocycles. The summed E-state index contributed by atoms with van der Waals surface area (Å²) in [6, 6.07) is 1.71. The fourth-order valence-electron chi connectivity index (χ4n) is 1.06. The van der Waals surface area contributed by atoms with E-state index in [9.17, 15) is 4.79 Å². The standard InChI is InChI=1S/C8H6O2.ClH/c9-7-2-1-3-8-6(7)4-5-10-8;/h1,3-5H,2H2;1H. The van der Waals surface area contributed by atoms with E-state index in [1.54, 1.807) is 6.07 Å². The second-order valence-corrected chi connectivity index (χ2v) is 2.23. The van der Waals surface area contributed by atoms with Gasteiger partial charge in [-0.05, 0) is 12.1 Å². The number of carbonyl (C=O) groups excluding carboxylic acids is 1. The van der Waals surface area contributed by atoms with Crippen molar-refractivity contribution < 1.29 is 9.21 Å². The van der Waals surface area contributed by atoms with Crippen LogP contribution in [0.5, 0.6) is 0 Å². The minimum atomic E-state index is 0. The Kier molecular flexibility index (Phi) is 2.15. The molecule has 0 saturated carbocycles. The highest BCUT2D eigenvalue weighted by Crippen LogP contribution is 2.19. The van der Waals surface area contributed by atoms with Crippen LogP contribution in [0.1, 0.15) is 22.5 Å². The van der Waals surface area contributed by atoms with E-state index < -0.39 is 0 Å².